The number of anilines is 1. The fraction of sp³-hybridized carbons (Fsp3) is 0.259. The van der Waals surface area contributed by atoms with Crippen molar-refractivity contribution in [3.8, 4) is 23.3 Å². The SMILES string of the molecule is C=CC(=O)N[C@H]1CCCN(c2ccc(C(N)=O)c3[nH]cc(C#Cc4cc(OC)cc(OC)c4)c23)C1. The molecule has 1 atom stereocenters. The summed E-state index contributed by atoms with van der Waals surface area (Å²) in [5.41, 5.74) is 9.07. The van der Waals surface area contributed by atoms with Crippen LogP contribution in [0.2, 0.25) is 0 Å². The number of ether oxygens (including phenoxy) is 2. The maximum Gasteiger partial charge on any atom is 0.250 e. The van der Waals surface area contributed by atoms with E-state index in [0.717, 1.165) is 41.6 Å². The molecule has 3 aromatic rings. The minimum Gasteiger partial charge on any atom is -0.497 e. The van der Waals surface area contributed by atoms with Crippen LogP contribution in [0.25, 0.3) is 10.9 Å². The number of piperidine rings is 1. The lowest BCUT2D eigenvalue weighted by molar-refractivity contribution is -0.117. The van der Waals surface area contributed by atoms with Crippen molar-refractivity contribution in [1.82, 2.24) is 10.3 Å². The second-order valence-electron chi connectivity index (χ2n) is 8.30. The van der Waals surface area contributed by atoms with Gasteiger partial charge in [-0.2, -0.15) is 0 Å². The summed E-state index contributed by atoms with van der Waals surface area (Å²) in [5.74, 6) is 6.99. The highest BCUT2D eigenvalue weighted by Crippen LogP contribution is 2.33. The molecule has 1 aliphatic rings. The van der Waals surface area contributed by atoms with Crippen LogP contribution in [0.5, 0.6) is 11.5 Å². The highest BCUT2D eigenvalue weighted by atomic mass is 16.5. The zero-order valence-electron chi connectivity index (χ0n) is 19.8. The lowest BCUT2D eigenvalue weighted by Gasteiger charge is -2.35. The van der Waals surface area contributed by atoms with Gasteiger partial charge in [0.2, 0.25) is 5.91 Å². The number of rotatable bonds is 6. The Kier molecular flexibility index (Phi) is 6.97. The molecule has 8 heteroatoms. The maximum atomic E-state index is 12.1. The molecular formula is C27H28N4O4. The summed E-state index contributed by atoms with van der Waals surface area (Å²) in [4.78, 5) is 29.3. The summed E-state index contributed by atoms with van der Waals surface area (Å²) >= 11 is 0. The topological polar surface area (TPSA) is 110 Å². The van der Waals surface area contributed by atoms with Gasteiger partial charge in [0, 0.05) is 48.0 Å². The molecule has 4 N–H and O–H groups in total. The molecule has 0 aliphatic carbocycles. The molecule has 1 aromatic heterocycles. The molecule has 0 radical (unpaired) electrons. The number of aromatic amines is 1. The number of nitrogens with zero attached hydrogens (tertiary/aromatic N) is 1. The molecule has 2 amide bonds. The predicted molar refractivity (Wildman–Crippen MR) is 136 cm³/mol. The number of nitrogens with two attached hydrogens (primary N) is 1. The Hall–Kier alpha value is -4.38. The zero-order valence-corrected chi connectivity index (χ0v) is 19.8. The van der Waals surface area contributed by atoms with Crippen LogP contribution in [0.3, 0.4) is 0 Å². The Morgan fingerprint density at radius 3 is 2.60 bits per heavy atom. The number of carbonyl (C=O) groups excluding carboxylic acids is 2. The molecular weight excluding hydrogens is 444 g/mol. The van der Waals surface area contributed by atoms with Crippen molar-refractivity contribution in [3.05, 3.63) is 65.9 Å². The number of primary amides is 1. The van der Waals surface area contributed by atoms with Gasteiger partial charge in [0.25, 0.3) is 5.91 Å². The molecule has 2 aromatic carbocycles. The Bertz CT molecular complexity index is 1330. The number of aromatic nitrogens is 1. The van der Waals surface area contributed by atoms with Crippen LogP contribution < -0.4 is 25.4 Å². The molecule has 1 saturated heterocycles. The number of carbonyl (C=O) groups is 2. The fourth-order valence-corrected chi connectivity index (χ4v) is 4.39. The average molecular weight is 473 g/mol. The molecule has 180 valence electrons. The fourth-order valence-electron chi connectivity index (χ4n) is 4.39. The van der Waals surface area contributed by atoms with E-state index in [-0.39, 0.29) is 11.9 Å². The van der Waals surface area contributed by atoms with Crippen LogP contribution in [0, 0.1) is 11.8 Å². The molecule has 0 saturated carbocycles. The third-order valence-electron chi connectivity index (χ3n) is 6.07. The number of benzene rings is 2. The molecule has 0 bridgehead atoms. The quantitative estimate of drug-likeness (QED) is 0.378. The Morgan fingerprint density at radius 1 is 1.20 bits per heavy atom. The smallest absolute Gasteiger partial charge is 0.250 e. The molecule has 1 fully saturated rings. The van der Waals surface area contributed by atoms with E-state index in [9.17, 15) is 9.59 Å². The molecule has 2 heterocycles. The number of amides is 2. The van der Waals surface area contributed by atoms with Gasteiger partial charge in [0.1, 0.15) is 11.5 Å². The summed E-state index contributed by atoms with van der Waals surface area (Å²) in [6, 6.07) is 9.07. The van der Waals surface area contributed by atoms with Gasteiger partial charge < -0.3 is 30.4 Å². The van der Waals surface area contributed by atoms with Crippen LogP contribution in [0.15, 0.2) is 49.2 Å². The summed E-state index contributed by atoms with van der Waals surface area (Å²) in [5, 5.41) is 3.81. The lowest BCUT2D eigenvalue weighted by Crippen LogP contribution is -2.47. The second-order valence-corrected chi connectivity index (χ2v) is 8.30. The predicted octanol–water partition coefficient (Wildman–Crippen LogP) is 2.95. The van der Waals surface area contributed by atoms with Crippen molar-refractivity contribution < 1.29 is 19.1 Å². The summed E-state index contributed by atoms with van der Waals surface area (Å²) in [6.07, 6.45) is 4.87. The first kappa shape index (κ1) is 23.8. The summed E-state index contributed by atoms with van der Waals surface area (Å²) in [7, 11) is 3.18. The minimum absolute atomic E-state index is 0.00200. The van der Waals surface area contributed by atoms with Crippen LogP contribution >= 0.6 is 0 Å². The highest BCUT2D eigenvalue weighted by molar-refractivity contribution is 6.10. The summed E-state index contributed by atoms with van der Waals surface area (Å²) in [6.45, 7) is 4.99. The van der Waals surface area contributed by atoms with Crippen molar-refractivity contribution in [1.29, 1.82) is 0 Å². The van der Waals surface area contributed by atoms with Crippen molar-refractivity contribution in [3.63, 3.8) is 0 Å². The van der Waals surface area contributed by atoms with Crippen molar-refractivity contribution >= 4 is 28.4 Å². The van der Waals surface area contributed by atoms with Crippen molar-refractivity contribution in [2.24, 2.45) is 5.73 Å². The maximum absolute atomic E-state index is 12.1. The van der Waals surface area contributed by atoms with Gasteiger partial charge in [-0.3, -0.25) is 9.59 Å². The molecule has 0 spiro atoms. The van der Waals surface area contributed by atoms with E-state index >= 15 is 0 Å². The normalized spacial score (nSPS) is 15.1. The number of methoxy groups -OCH3 is 2. The van der Waals surface area contributed by atoms with E-state index in [0.29, 0.717) is 29.1 Å². The summed E-state index contributed by atoms with van der Waals surface area (Å²) < 4.78 is 10.7. The first-order valence-corrected chi connectivity index (χ1v) is 11.3. The second kappa shape index (κ2) is 10.3. The molecule has 0 unspecified atom stereocenters. The van der Waals surface area contributed by atoms with Crippen molar-refractivity contribution in [2.75, 3.05) is 32.2 Å². The van der Waals surface area contributed by atoms with Crippen LogP contribution in [-0.4, -0.2) is 50.1 Å². The van der Waals surface area contributed by atoms with Gasteiger partial charge >= 0.3 is 0 Å². The van der Waals surface area contributed by atoms with E-state index in [2.05, 4.69) is 33.6 Å². The first-order valence-electron chi connectivity index (χ1n) is 11.3. The number of hydrogen-bond acceptors (Lipinski definition) is 5. The van der Waals surface area contributed by atoms with Crippen LogP contribution in [0.4, 0.5) is 5.69 Å². The largest absolute Gasteiger partial charge is 0.497 e. The van der Waals surface area contributed by atoms with E-state index in [1.807, 2.05) is 18.2 Å². The van der Waals surface area contributed by atoms with Gasteiger partial charge in [-0.15, -0.1) is 0 Å². The Morgan fingerprint density at radius 2 is 1.94 bits per heavy atom. The first-order chi connectivity index (χ1) is 16.9. The van der Waals surface area contributed by atoms with Crippen molar-refractivity contribution in [2.45, 2.75) is 18.9 Å². The standard InChI is InChI=1S/C27H28N4O4/c1-4-24(32)30-19-6-5-11-31(16-19)23-10-9-22(27(28)33)26-25(23)18(15-29-26)8-7-17-12-20(34-2)14-21(13-17)35-3/h4,9-10,12-15,19,29H,1,5-6,11,16H2,2-3H3,(H2,28,33)(H,30,32)/t19-/m0/s1. The van der Waals surface area contributed by atoms with E-state index in [1.165, 1.54) is 6.08 Å². The van der Waals surface area contributed by atoms with Gasteiger partial charge in [-0.05, 0) is 43.2 Å². The molecule has 1 aliphatic heterocycles. The van der Waals surface area contributed by atoms with Gasteiger partial charge in [0.15, 0.2) is 0 Å². The van der Waals surface area contributed by atoms with Gasteiger partial charge in [0.05, 0.1) is 30.9 Å². The van der Waals surface area contributed by atoms with Crippen LogP contribution in [0.1, 0.15) is 34.3 Å². The average Bonchev–Trinajstić information content (AvgIpc) is 3.30. The Labute approximate surface area is 204 Å². The van der Waals surface area contributed by atoms with E-state index < -0.39 is 5.91 Å². The molecule has 8 nitrogen and oxygen atoms in total. The number of nitrogens with one attached hydrogen (secondary N) is 2. The van der Waals surface area contributed by atoms with E-state index in [1.54, 1.807) is 32.5 Å². The molecule has 4 rings (SSSR count). The van der Waals surface area contributed by atoms with Crippen LogP contribution in [-0.2, 0) is 4.79 Å². The number of H-pyrrole nitrogens is 1. The Balaban J connectivity index is 1.77. The highest BCUT2D eigenvalue weighted by Gasteiger charge is 2.24. The van der Waals surface area contributed by atoms with Gasteiger partial charge in [-0.25, -0.2) is 0 Å². The third kappa shape index (κ3) is 5.09. The van der Waals surface area contributed by atoms with Gasteiger partial charge in [-0.1, -0.05) is 18.4 Å². The number of hydrogen-bond donors (Lipinski definition) is 3. The lowest BCUT2D eigenvalue weighted by atomic mass is 10.0. The minimum atomic E-state index is -0.518. The molecule has 35 heavy (non-hydrogen) atoms. The monoisotopic (exact) mass is 472 g/mol. The zero-order chi connectivity index (χ0) is 24.9. The third-order valence-corrected chi connectivity index (χ3v) is 6.07. The van der Waals surface area contributed by atoms with E-state index in [4.69, 9.17) is 15.2 Å². The number of fused-ring (bicyclic) bond motifs is 1.